The van der Waals surface area contributed by atoms with Crippen LogP contribution in [0.25, 0.3) is 11.3 Å². The predicted molar refractivity (Wildman–Crippen MR) is 163 cm³/mol. The van der Waals surface area contributed by atoms with E-state index in [1.165, 1.54) is 22.5 Å². The van der Waals surface area contributed by atoms with E-state index >= 15 is 0 Å². The molecule has 0 aliphatic carbocycles. The summed E-state index contributed by atoms with van der Waals surface area (Å²) in [7, 11) is -3.98. The number of para-hydroxylation sites is 1. The molecule has 12 heteroatoms. The molecule has 228 valence electrons. The van der Waals surface area contributed by atoms with Crippen molar-refractivity contribution in [2.24, 2.45) is 0 Å². The van der Waals surface area contributed by atoms with Crippen LogP contribution in [0.15, 0.2) is 89.8 Å². The van der Waals surface area contributed by atoms with Crippen LogP contribution in [0.4, 0.5) is 20.4 Å². The molecule has 3 aromatic carbocycles. The maximum atomic E-state index is 14.4. The predicted octanol–water partition coefficient (Wildman–Crippen LogP) is 4.22. The van der Waals surface area contributed by atoms with Crippen LogP contribution in [0.3, 0.4) is 0 Å². The monoisotopic (exact) mass is 618 g/mol. The second-order valence-electron chi connectivity index (χ2n) is 10.8. The van der Waals surface area contributed by atoms with Crippen molar-refractivity contribution in [1.29, 1.82) is 0 Å². The van der Waals surface area contributed by atoms with E-state index in [1.807, 2.05) is 52.3 Å². The lowest BCUT2D eigenvalue weighted by molar-refractivity contribution is -0.124. The van der Waals surface area contributed by atoms with Gasteiger partial charge in [0.15, 0.2) is 0 Å². The molecule has 1 atom stereocenters. The van der Waals surface area contributed by atoms with Gasteiger partial charge in [0.2, 0.25) is 21.9 Å². The lowest BCUT2D eigenvalue weighted by atomic mass is 10.1. The third-order valence-electron chi connectivity index (χ3n) is 7.96. The van der Waals surface area contributed by atoms with E-state index in [0.717, 1.165) is 17.7 Å². The normalized spacial score (nSPS) is 17.5. The molecule has 0 bridgehead atoms. The molecule has 2 aliphatic heterocycles. The second-order valence-corrected chi connectivity index (χ2v) is 12.7. The van der Waals surface area contributed by atoms with Gasteiger partial charge in [-0.2, -0.15) is 4.31 Å². The number of piperazine rings is 1. The summed E-state index contributed by atoms with van der Waals surface area (Å²) in [5.41, 5.74) is 2.72. The number of nitrogens with one attached hydrogen (secondary N) is 1. The van der Waals surface area contributed by atoms with Gasteiger partial charge in [-0.15, -0.1) is 0 Å². The highest BCUT2D eigenvalue weighted by Gasteiger charge is 2.39. The molecule has 2 aliphatic rings. The van der Waals surface area contributed by atoms with E-state index < -0.39 is 27.8 Å². The highest BCUT2D eigenvalue weighted by atomic mass is 32.2. The van der Waals surface area contributed by atoms with Crippen LogP contribution < -0.4 is 15.1 Å². The van der Waals surface area contributed by atoms with E-state index in [0.29, 0.717) is 62.0 Å². The number of anilines is 2. The Morgan fingerprint density at radius 2 is 1.52 bits per heavy atom. The first kappa shape index (κ1) is 29.6. The Balaban J connectivity index is 1.19. The number of aromatic nitrogens is 2. The molecular formula is C32H32F2N6O3S. The lowest BCUT2D eigenvalue weighted by Gasteiger charge is -2.36. The quantitative estimate of drug-likeness (QED) is 0.316. The van der Waals surface area contributed by atoms with Gasteiger partial charge >= 0.3 is 0 Å². The Hall–Kier alpha value is -4.42. The van der Waals surface area contributed by atoms with Crippen LogP contribution in [-0.2, 0) is 21.4 Å². The molecule has 9 nitrogen and oxygen atoms in total. The number of halogens is 2. The van der Waals surface area contributed by atoms with Crippen LogP contribution in [-0.4, -0.2) is 67.4 Å². The molecule has 4 aromatic rings. The van der Waals surface area contributed by atoms with Crippen molar-refractivity contribution in [3.8, 4) is 11.3 Å². The average Bonchev–Trinajstić information content (AvgIpc) is 3.56. The van der Waals surface area contributed by atoms with Gasteiger partial charge < -0.3 is 15.1 Å². The van der Waals surface area contributed by atoms with Crippen molar-refractivity contribution in [2.75, 3.05) is 42.5 Å². The molecule has 44 heavy (non-hydrogen) atoms. The zero-order valence-corrected chi connectivity index (χ0v) is 24.8. The summed E-state index contributed by atoms with van der Waals surface area (Å²) in [5.74, 6) is -0.711. The molecule has 0 saturated carbocycles. The van der Waals surface area contributed by atoms with Gasteiger partial charge in [-0.1, -0.05) is 42.5 Å². The molecule has 1 N–H and O–H groups in total. The topological polar surface area (TPSA) is 98.7 Å². The van der Waals surface area contributed by atoms with Crippen LogP contribution in [0, 0.1) is 11.6 Å². The molecular weight excluding hydrogens is 586 g/mol. The molecule has 0 radical (unpaired) electrons. The SMILES string of the molecule is O=C(NCc1cc(-c2ccccc2)nc(N2CCN(c3ccccc3F)CC2)n1)[C@@H]1CCCN1S(=O)(=O)c1ccc(F)cc1. The number of nitrogens with zero attached hydrogens (tertiary/aromatic N) is 5. The van der Waals surface area contributed by atoms with Crippen molar-refractivity contribution >= 4 is 27.6 Å². The van der Waals surface area contributed by atoms with Gasteiger partial charge in [0.25, 0.3) is 0 Å². The van der Waals surface area contributed by atoms with E-state index in [-0.39, 0.29) is 23.8 Å². The van der Waals surface area contributed by atoms with E-state index in [2.05, 4.69) is 5.32 Å². The maximum absolute atomic E-state index is 14.4. The summed E-state index contributed by atoms with van der Waals surface area (Å²) in [6.45, 7) is 2.61. The van der Waals surface area contributed by atoms with E-state index in [1.54, 1.807) is 12.1 Å². The summed E-state index contributed by atoms with van der Waals surface area (Å²) in [4.78, 5) is 26.9. The Labute approximate surface area is 255 Å². The number of hydrogen-bond donors (Lipinski definition) is 1. The first-order valence-electron chi connectivity index (χ1n) is 14.5. The van der Waals surface area contributed by atoms with Crippen molar-refractivity contribution in [2.45, 2.75) is 30.3 Å². The fraction of sp³-hybridized carbons (Fsp3) is 0.281. The van der Waals surface area contributed by atoms with Crippen LogP contribution in [0.1, 0.15) is 18.5 Å². The summed E-state index contributed by atoms with van der Waals surface area (Å²) in [6, 6.07) is 21.9. The minimum absolute atomic E-state index is 0.0540. The summed E-state index contributed by atoms with van der Waals surface area (Å²) in [5, 5.41) is 2.88. The van der Waals surface area contributed by atoms with E-state index in [4.69, 9.17) is 9.97 Å². The second kappa shape index (κ2) is 12.7. The number of carbonyl (C=O) groups is 1. The van der Waals surface area contributed by atoms with Crippen LogP contribution in [0.2, 0.25) is 0 Å². The fourth-order valence-corrected chi connectivity index (χ4v) is 7.31. The molecule has 6 rings (SSSR count). The van der Waals surface area contributed by atoms with Gasteiger partial charge in [-0.05, 0) is 55.3 Å². The van der Waals surface area contributed by atoms with Gasteiger partial charge in [-0.3, -0.25) is 4.79 Å². The lowest BCUT2D eigenvalue weighted by Crippen LogP contribution is -2.47. The standard InChI is InChI=1S/C32H32F2N6O3S/c33-24-12-14-26(15-13-24)44(42,43)40-16-6-11-30(40)31(41)35-22-25-21-28(23-7-2-1-3-8-23)37-32(36-25)39-19-17-38(18-20-39)29-10-5-4-9-27(29)34/h1-5,7-10,12-15,21,30H,6,11,16-20,22H2,(H,35,41)/t30-/m0/s1. The summed E-state index contributed by atoms with van der Waals surface area (Å²) < 4.78 is 55.5. The third-order valence-corrected chi connectivity index (χ3v) is 9.89. The molecule has 2 saturated heterocycles. The zero-order chi connectivity index (χ0) is 30.7. The molecule has 1 aromatic heterocycles. The van der Waals surface area contributed by atoms with Crippen LogP contribution >= 0.6 is 0 Å². The number of rotatable bonds is 8. The van der Waals surface area contributed by atoms with Gasteiger partial charge in [0, 0.05) is 38.3 Å². The number of carbonyl (C=O) groups excluding carboxylic acids is 1. The van der Waals surface area contributed by atoms with Crippen molar-refractivity contribution < 1.29 is 22.0 Å². The van der Waals surface area contributed by atoms with E-state index in [9.17, 15) is 22.0 Å². The third kappa shape index (κ3) is 6.27. The highest BCUT2D eigenvalue weighted by Crippen LogP contribution is 2.27. The summed E-state index contributed by atoms with van der Waals surface area (Å²) >= 11 is 0. The molecule has 2 fully saturated rings. The Bertz CT molecular complexity index is 1730. The number of benzene rings is 3. The Morgan fingerprint density at radius 3 is 2.25 bits per heavy atom. The minimum Gasteiger partial charge on any atom is -0.366 e. The largest absolute Gasteiger partial charge is 0.366 e. The fourth-order valence-electron chi connectivity index (χ4n) is 5.66. The smallest absolute Gasteiger partial charge is 0.243 e. The maximum Gasteiger partial charge on any atom is 0.243 e. The first-order valence-corrected chi connectivity index (χ1v) is 16.0. The number of amides is 1. The first-order chi connectivity index (χ1) is 21.3. The Kier molecular flexibility index (Phi) is 8.53. The van der Waals surface area contributed by atoms with Crippen molar-refractivity contribution in [3.63, 3.8) is 0 Å². The number of sulfonamides is 1. The van der Waals surface area contributed by atoms with Crippen molar-refractivity contribution in [3.05, 3.63) is 102 Å². The molecule has 0 unspecified atom stereocenters. The number of hydrogen-bond acceptors (Lipinski definition) is 7. The minimum atomic E-state index is -3.98. The average molecular weight is 619 g/mol. The molecule has 3 heterocycles. The van der Waals surface area contributed by atoms with Gasteiger partial charge in [-0.25, -0.2) is 27.2 Å². The van der Waals surface area contributed by atoms with Crippen molar-refractivity contribution in [1.82, 2.24) is 19.6 Å². The van der Waals surface area contributed by atoms with Gasteiger partial charge in [0.1, 0.15) is 17.7 Å². The molecule has 0 spiro atoms. The molecule has 1 amide bonds. The van der Waals surface area contributed by atoms with Gasteiger partial charge in [0.05, 0.1) is 28.5 Å². The zero-order valence-electron chi connectivity index (χ0n) is 23.9. The van der Waals surface area contributed by atoms with Crippen LogP contribution in [0.5, 0.6) is 0 Å². The Morgan fingerprint density at radius 1 is 0.841 bits per heavy atom. The summed E-state index contributed by atoms with van der Waals surface area (Å²) in [6.07, 6.45) is 0.913. The highest BCUT2D eigenvalue weighted by molar-refractivity contribution is 7.89.